The maximum Gasteiger partial charge on any atom is 0.324 e. The molecule has 6 nitrogen and oxygen atoms in total. The Morgan fingerprint density at radius 2 is 2.29 bits per heavy atom. The third-order valence-corrected chi connectivity index (χ3v) is 4.13. The lowest BCUT2D eigenvalue weighted by molar-refractivity contribution is -0.148. The molecule has 2 rings (SSSR count). The molecule has 0 spiro atoms. The lowest BCUT2D eigenvalue weighted by Gasteiger charge is -2.27. The molecule has 21 heavy (non-hydrogen) atoms. The summed E-state index contributed by atoms with van der Waals surface area (Å²) in [5, 5.41) is 9.49. The molecule has 114 valence electrons. The van der Waals surface area contributed by atoms with Gasteiger partial charge in [-0.1, -0.05) is 13.3 Å². The molecule has 1 aromatic rings. The summed E-state index contributed by atoms with van der Waals surface area (Å²) in [4.78, 5) is 31.2. The van der Waals surface area contributed by atoms with Crippen LogP contribution in [0.25, 0.3) is 0 Å². The highest BCUT2D eigenvalue weighted by Crippen LogP contribution is 2.36. The Kier molecular flexibility index (Phi) is 4.45. The molecule has 0 aliphatic carbocycles. The largest absolute Gasteiger partial charge is 0.481 e. The van der Waals surface area contributed by atoms with Crippen LogP contribution in [0.3, 0.4) is 0 Å². The van der Waals surface area contributed by atoms with Gasteiger partial charge in [0.25, 0.3) is 0 Å². The number of amides is 2. The number of rotatable bonds is 4. The van der Waals surface area contributed by atoms with E-state index in [-0.39, 0.29) is 12.6 Å². The number of carboxylic acid groups (broad SMARTS) is 1. The van der Waals surface area contributed by atoms with Gasteiger partial charge in [-0.3, -0.25) is 14.7 Å². The summed E-state index contributed by atoms with van der Waals surface area (Å²) >= 11 is 0. The van der Waals surface area contributed by atoms with Gasteiger partial charge in [-0.25, -0.2) is 4.79 Å². The maximum absolute atomic E-state index is 12.5. The van der Waals surface area contributed by atoms with Crippen molar-refractivity contribution in [3.8, 4) is 0 Å². The van der Waals surface area contributed by atoms with E-state index in [2.05, 4.69) is 4.98 Å². The number of hydrogen-bond acceptors (Lipinski definition) is 3. The summed E-state index contributed by atoms with van der Waals surface area (Å²) < 4.78 is 0. The van der Waals surface area contributed by atoms with E-state index in [1.807, 2.05) is 6.92 Å². The van der Waals surface area contributed by atoms with E-state index in [1.165, 1.54) is 4.90 Å². The summed E-state index contributed by atoms with van der Waals surface area (Å²) in [5.74, 6) is -0.802. The van der Waals surface area contributed by atoms with Gasteiger partial charge in [0.1, 0.15) is 0 Å². The van der Waals surface area contributed by atoms with Crippen molar-refractivity contribution >= 4 is 17.7 Å². The molecule has 1 N–H and O–H groups in total. The van der Waals surface area contributed by atoms with Gasteiger partial charge in [-0.2, -0.15) is 0 Å². The molecule has 1 atom stereocenters. The van der Waals surface area contributed by atoms with Crippen molar-refractivity contribution in [2.45, 2.75) is 26.2 Å². The number of carbonyl (C=O) groups is 2. The van der Waals surface area contributed by atoms with Crippen molar-refractivity contribution in [1.29, 1.82) is 0 Å². The highest BCUT2D eigenvalue weighted by Gasteiger charge is 2.45. The van der Waals surface area contributed by atoms with E-state index >= 15 is 0 Å². The van der Waals surface area contributed by atoms with Crippen LogP contribution >= 0.6 is 0 Å². The first kappa shape index (κ1) is 15.3. The van der Waals surface area contributed by atoms with Crippen LogP contribution in [-0.4, -0.2) is 47.1 Å². The van der Waals surface area contributed by atoms with Gasteiger partial charge in [0, 0.05) is 26.3 Å². The Balaban J connectivity index is 2.10. The van der Waals surface area contributed by atoms with Crippen molar-refractivity contribution in [2.24, 2.45) is 5.41 Å². The zero-order valence-corrected chi connectivity index (χ0v) is 12.5. The normalized spacial score (nSPS) is 21.3. The average molecular weight is 291 g/mol. The minimum atomic E-state index is -0.802. The fourth-order valence-corrected chi connectivity index (χ4v) is 2.87. The van der Waals surface area contributed by atoms with Crippen LogP contribution in [-0.2, 0) is 4.79 Å². The highest BCUT2D eigenvalue weighted by molar-refractivity contribution is 5.92. The number of carboxylic acids is 1. The smallest absolute Gasteiger partial charge is 0.324 e. The quantitative estimate of drug-likeness (QED) is 0.923. The zero-order chi connectivity index (χ0) is 15.5. The van der Waals surface area contributed by atoms with E-state index in [0.717, 1.165) is 6.42 Å². The van der Waals surface area contributed by atoms with E-state index in [4.69, 9.17) is 0 Å². The number of urea groups is 1. The standard InChI is InChI=1S/C15H21N3O3/c1-3-6-15(13(19)20)7-9-18(11-15)14(21)17(2)12-5-4-8-16-10-12/h4-5,8,10H,3,6-7,9,11H2,1-2H3,(H,19,20). The summed E-state index contributed by atoms with van der Waals surface area (Å²) in [6, 6.07) is 3.39. The molecule has 1 unspecified atom stereocenters. The molecular formula is C15H21N3O3. The fourth-order valence-electron chi connectivity index (χ4n) is 2.87. The van der Waals surface area contributed by atoms with Crippen LogP contribution in [0.1, 0.15) is 26.2 Å². The summed E-state index contributed by atoms with van der Waals surface area (Å²) in [7, 11) is 1.68. The van der Waals surface area contributed by atoms with Gasteiger partial charge in [0.2, 0.25) is 0 Å². The molecule has 1 aliphatic heterocycles. The van der Waals surface area contributed by atoms with E-state index in [9.17, 15) is 14.7 Å². The predicted octanol–water partition coefficient (Wildman–Crippen LogP) is 2.21. The molecule has 0 saturated carbocycles. The Morgan fingerprint density at radius 1 is 1.52 bits per heavy atom. The summed E-state index contributed by atoms with van der Waals surface area (Å²) in [5.41, 5.74) is -0.0917. The van der Waals surface area contributed by atoms with Crippen LogP contribution in [0.4, 0.5) is 10.5 Å². The van der Waals surface area contributed by atoms with Crippen molar-refractivity contribution in [1.82, 2.24) is 9.88 Å². The van der Waals surface area contributed by atoms with Gasteiger partial charge < -0.3 is 10.0 Å². The number of carbonyl (C=O) groups excluding carboxylic acids is 1. The van der Waals surface area contributed by atoms with Crippen LogP contribution in [0.2, 0.25) is 0 Å². The third-order valence-electron chi connectivity index (χ3n) is 4.13. The average Bonchev–Trinajstić information content (AvgIpc) is 2.93. The first-order valence-corrected chi connectivity index (χ1v) is 7.16. The van der Waals surface area contributed by atoms with Crippen molar-refractivity contribution in [3.05, 3.63) is 24.5 Å². The number of nitrogens with zero attached hydrogens (tertiary/aromatic N) is 3. The molecule has 6 heteroatoms. The monoisotopic (exact) mass is 291 g/mol. The molecule has 1 aromatic heterocycles. The fraction of sp³-hybridized carbons (Fsp3) is 0.533. The van der Waals surface area contributed by atoms with Crippen molar-refractivity contribution in [2.75, 3.05) is 25.0 Å². The van der Waals surface area contributed by atoms with Crippen molar-refractivity contribution < 1.29 is 14.7 Å². The molecular weight excluding hydrogens is 270 g/mol. The van der Waals surface area contributed by atoms with E-state index in [0.29, 0.717) is 25.1 Å². The Morgan fingerprint density at radius 3 is 2.86 bits per heavy atom. The highest BCUT2D eigenvalue weighted by atomic mass is 16.4. The number of pyridine rings is 1. The zero-order valence-electron chi connectivity index (χ0n) is 12.5. The van der Waals surface area contributed by atoms with Crippen LogP contribution < -0.4 is 4.90 Å². The second kappa shape index (κ2) is 6.11. The lowest BCUT2D eigenvalue weighted by atomic mass is 9.83. The second-order valence-corrected chi connectivity index (χ2v) is 5.56. The number of hydrogen-bond donors (Lipinski definition) is 1. The Labute approximate surface area is 124 Å². The molecule has 0 radical (unpaired) electrons. The molecule has 1 aliphatic rings. The summed E-state index contributed by atoms with van der Waals surface area (Å²) in [6.07, 6.45) is 5.18. The number of aromatic nitrogens is 1. The van der Waals surface area contributed by atoms with E-state index in [1.54, 1.807) is 36.5 Å². The molecule has 2 amide bonds. The molecule has 1 saturated heterocycles. The SMILES string of the molecule is CCCC1(C(=O)O)CCN(C(=O)N(C)c2cccnc2)C1. The molecule has 0 aromatic carbocycles. The minimum absolute atomic E-state index is 0.178. The maximum atomic E-state index is 12.5. The Bertz CT molecular complexity index is 520. The van der Waals surface area contributed by atoms with Gasteiger partial charge in [0.15, 0.2) is 0 Å². The molecule has 2 heterocycles. The van der Waals surface area contributed by atoms with Crippen LogP contribution in [0.5, 0.6) is 0 Å². The van der Waals surface area contributed by atoms with Gasteiger partial charge in [0.05, 0.1) is 17.3 Å². The number of likely N-dealkylation sites (tertiary alicyclic amines) is 1. The third kappa shape index (κ3) is 2.99. The Hall–Kier alpha value is -2.11. The first-order chi connectivity index (χ1) is 10.00. The van der Waals surface area contributed by atoms with E-state index < -0.39 is 11.4 Å². The minimum Gasteiger partial charge on any atom is -0.481 e. The number of aliphatic carboxylic acids is 1. The first-order valence-electron chi connectivity index (χ1n) is 7.16. The van der Waals surface area contributed by atoms with Crippen LogP contribution in [0.15, 0.2) is 24.5 Å². The topological polar surface area (TPSA) is 73.7 Å². The summed E-state index contributed by atoms with van der Waals surface area (Å²) in [6.45, 7) is 2.73. The molecule has 0 bridgehead atoms. The van der Waals surface area contributed by atoms with Gasteiger partial charge in [-0.15, -0.1) is 0 Å². The van der Waals surface area contributed by atoms with Gasteiger partial charge in [-0.05, 0) is 25.0 Å². The lowest BCUT2D eigenvalue weighted by Crippen LogP contribution is -2.42. The van der Waals surface area contributed by atoms with Gasteiger partial charge >= 0.3 is 12.0 Å². The number of anilines is 1. The predicted molar refractivity (Wildman–Crippen MR) is 79.2 cm³/mol. The van der Waals surface area contributed by atoms with Crippen LogP contribution in [0, 0.1) is 5.41 Å². The van der Waals surface area contributed by atoms with Crippen molar-refractivity contribution in [3.63, 3.8) is 0 Å². The molecule has 1 fully saturated rings. The second-order valence-electron chi connectivity index (χ2n) is 5.56.